The molecule has 0 atom stereocenters. The lowest BCUT2D eigenvalue weighted by Gasteiger charge is -2.36. The Hall–Kier alpha value is -1.75. The number of nitrogens with zero attached hydrogens (tertiary/aromatic N) is 1. The first-order valence-corrected chi connectivity index (χ1v) is 5.43. The Kier molecular flexibility index (Phi) is 3.19. The van der Waals surface area contributed by atoms with Gasteiger partial charge in [0.25, 0.3) is 0 Å². The van der Waals surface area contributed by atoms with Gasteiger partial charge in [0.1, 0.15) is 11.9 Å². The van der Waals surface area contributed by atoms with Crippen molar-refractivity contribution >= 4 is 11.7 Å². The molecule has 0 aliphatic carbocycles. The van der Waals surface area contributed by atoms with Crippen LogP contribution < -0.4 is 10.5 Å². The zero-order chi connectivity index (χ0) is 12.4. The van der Waals surface area contributed by atoms with Crippen LogP contribution in [-0.4, -0.2) is 44.2 Å². The molecule has 0 unspecified atom stereocenters. The molecule has 0 aromatic heterocycles. The Morgan fingerprint density at radius 3 is 2.71 bits per heavy atom. The van der Waals surface area contributed by atoms with E-state index in [0.717, 1.165) is 13.1 Å². The summed E-state index contributed by atoms with van der Waals surface area (Å²) in [5.74, 6) is 0.224. The van der Waals surface area contributed by atoms with Gasteiger partial charge in [-0.25, -0.2) is 4.79 Å². The lowest BCUT2D eigenvalue weighted by atomic mass is 10.1. The number of carbonyl (C=O) groups excluding carboxylic acids is 1. The topological polar surface area (TPSA) is 64.8 Å². The molecule has 92 valence electrons. The fourth-order valence-electron chi connectivity index (χ4n) is 1.80. The van der Waals surface area contributed by atoms with Crippen LogP contribution in [0.4, 0.5) is 5.69 Å². The smallest absolute Gasteiger partial charge is 0.337 e. The van der Waals surface area contributed by atoms with Crippen LogP contribution >= 0.6 is 0 Å². The van der Waals surface area contributed by atoms with Gasteiger partial charge in [-0.1, -0.05) is 0 Å². The highest BCUT2D eigenvalue weighted by Gasteiger charge is 2.25. The Morgan fingerprint density at radius 1 is 1.47 bits per heavy atom. The summed E-state index contributed by atoms with van der Waals surface area (Å²) < 4.78 is 10.3. The van der Waals surface area contributed by atoms with Crippen molar-refractivity contribution in [1.29, 1.82) is 0 Å². The minimum absolute atomic E-state index is 0.186. The summed E-state index contributed by atoms with van der Waals surface area (Å²) in [6.07, 6.45) is 0.186. The lowest BCUT2D eigenvalue weighted by Crippen LogP contribution is -2.51. The van der Waals surface area contributed by atoms with Gasteiger partial charge in [0.05, 0.1) is 18.4 Å². The van der Waals surface area contributed by atoms with Gasteiger partial charge in [0, 0.05) is 13.1 Å². The van der Waals surface area contributed by atoms with Gasteiger partial charge in [-0.05, 0) is 25.2 Å². The number of carbonyl (C=O) groups is 1. The van der Waals surface area contributed by atoms with Crippen molar-refractivity contribution in [1.82, 2.24) is 4.90 Å². The Labute approximate surface area is 100 Å². The van der Waals surface area contributed by atoms with Gasteiger partial charge in [-0.2, -0.15) is 0 Å². The van der Waals surface area contributed by atoms with Crippen LogP contribution in [0.15, 0.2) is 18.2 Å². The van der Waals surface area contributed by atoms with E-state index in [-0.39, 0.29) is 6.10 Å². The highest BCUT2D eigenvalue weighted by atomic mass is 16.5. The average Bonchev–Trinajstić information content (AvgIpc) is 2.28. The molecule has 1 aromatic rings. The minimum Gasteiger partial charge on any atom is -0.486 e. The highest BCUT2D eigenvalue weighted by molar-refractivity contribution is 5.90. The molecule has 1 aliphatic rings. The van der Waals surface area contributed by atoms with E-state index in [2.05, 4.69) is 9.64 Å². The number of anilines is 1. The number of likely N-dealkylation sites (N-methyl/N-ethyl adjacent to an activating group) is 1. The summed E-state index contributed by atoms with van der Waals surface area (Å²) in [5.41, 5.74) is 6.72. The minimum atomic E-state index is -0.397. The SMILES string of the molecule is COC(=O)c1ccc(OC2CN(C)C2)c(N)c1. The maximum absolute atomic E-state index is 11.3. The molecule has 0 spiro atoms. The lowest BCUT2D eigenvalue weighted by molar-refractivity contribution is 0.0393. The molecule has 1 saturated heterocycles. The van der Waals surface area contributed by atoms with E-state index < -0.39 is 5.97 Å². The molecule has 5 nitrogen and oxygen atoms in total. The van der Waals surface area contributed by atoms with Gasteiger partial charge in [-0.15, -0.1) is 0 Å². The highest BCUT2D eigenvalue weighted by Crippen LogP contribution is 2.25. The third kappa shape index (κ3) is 2.50. The van der Waals surface area contributed by atoms with Crippen molar-refractivity contribution in [2.75, 3.05) is 33.0 Å². The van der Waals surface area contributed by atoms with Crippen LogP contribution in [0, 0.1) is 0 Å². The van der Waals surface area contributed by atoms with Crippen molar-refractivity contribution in [2.45, 2.75) is 6.10 Å². The van der Waals surface area contributed by atoms with Gasteiger partial charge in [0.2, 0.25) is 0 Å². The maximum atomic E-state index is 11.3. The molecular formula is C12H16N2O3. The molecule has 1 heterocycles. The molecule has 1 fully saturated rings. The molecule has 2 N–H and O–H groups in total. The van der Waals surface area contributed by atoms with Crippen molar-refractivity contribution < 1.29 is 14.3 Å². The summed E-state index contributed by atoms with van der Waals surface area (Å²) >= 11 is 0. The standard InChI is InChI=1S/C12H16N2O3/c1-14-6-9(7-14)17-11-4-3-8(5-10(11)13)12(15)16-2/h3-5,9H,6-7,13H2,1-2H3. The summed E-state index contributed by atoms with van der Waals surface area (Å²) in [7, 11) is 3.37. The number of esters is 1. The van der Waals surface area contributed by atoms with Crippen LogP contribution in [-0.2, 0) is 4.74 Å². The third-order valence-corrected chi connectivity index (χ3v) is 2.76. The first kappa shape index (κ1) is 11.7. The van der Waals surface area contributed by atoms with Gasteiger partial charge >= 0.3 is 5.97 Å². The maximum Gasteiger partial charge on any atom is 0.337 e. The van der Waals surface area contributed by atoms with E-state index in [9.17, 15) is 4.79 Å². The fraction of sp³-hybridized carbons (Fsp3) is 0.417. The number of ether oxygens (including phenoxy) is 2. The predicted molar refractivity (Wildman–Crippen MR) is 64.1 cm³/mol. The number of hydrogen-bond donors (Lipinski definition) is 1. The quantitative estimate of drug-likeness (QED) is 0.619. The second-order valence-electron chi connectivity index (χ2n) is 4.21. The number of nitrogen functional groups attached to an aromatic ring is 1. The van der Waals surface area contributed by atoms with E-state index in [0.29, 0.717) is 17.0 Å². The van der Waals surface area contributed by atoms with Crippen LogP contribution in [0.3, 0.4) is 0 Å². The Bertz CT molecular complexity index is 428. The Balaban J connectivity index is 2.06. The monoisotopic (exact) mass is 236 g/mol. The average molecular weight is 236 g/mol. The largest absolute Gasteiger partial charge is 0.486 e. The molecule has 1 aliphatic heterocycles. The number of rotatable bonds is 3. The van der Waals surface area contributed by atoms with Crippen LogP contribution in [0.25, 0.3) is 0 Å². The number of nitrogens with two attached hydrogens (primary N) is 1. The normalized spacial score (nSPS) is 16.4. The van der Waals surface area contributed by atoms with Crippen molar-refractivity contribution in [3.63, 3.8) is 0 Å². The molecule has 1 aromatic carbocycles. The van der Waals surface area contributed by atoms with E-state index in [1.54, 1.807) is 18.2 Å². The van der Waals surface area contributed by atoms with Gasteiger partial charge < -0.3 is 15.2 Å². The Morgan fingerprint density at radius 2 is 2.18 bits per heavy atom. The van der Waals surface area contributed by atoms with E-state index in [1.165, 1.54) is 7.11 Å². The molecule has 0 bridgehead atoms. The molecule has 5 heteroatoms. The first-order chi connectivity index (χ1) is 8.10. The van der Waals surface area contributed by atoms with E-state index in [1.807, 2.05) is 7.05 Å². The number of methoxy groups -OCH3 is 1. The van der Waals surface area contributed by atoms with Crippen molar-refractivity contribution in [3.8, 4) is 5.75 Å². The van der Waals surface area contributed by atoms with Crippen molar-refractivity contribution in [3.05, 3.63) is 23.8 Å². The van der Waals surface area contributed by atoms with Crippen LogP contribution in [0.5, 0.6) is 5.75 Å². The first-order valence-electron chi connectivity index (χ1n) is 5.43. The van der Waals surface area contributed by atoms with Crippen LogP contribution in [0.1, 0.15) is 10.4 Å². The molecule has 17 heavy (non-hydrogen) atoms. The zero-order valence-electron chi connectivity index (χ0n) is 9.97. The number of likely N-dealkylation sites (tertiary alicyclic amines) is 1. The third-order valence-electron chi connectivity index (χ3n) is 2.76. The molecule has 0 radical (unpaired) electrons. The second-order valence-corrected chi connectivity index (χ2v) is 4.21. The summed E-state index contributed by atoms with van der Waals surface area (Å²) in [6, 6.07) is 4.93. The van der Waals surface area contributed by atoms with E-state index >= 15 is 0 Å². The molecular weight excluding hydrogens is 220 g/mol. The fourth-order valence-corrected chi connectivity index (χ4v) is 1.80. The zero-order valence-corrected chi connectivity index (χ0v) is 9.97. The van der Waals surface area contributed by atoms with E-state index in [4.69, 9.17) is 10.5 Å². The van der Waals surface area contributed by atoms with Gasteiger partial charge in [-0.3, -0.25) is 4.90 Å². The van der Waals surface area contributed by atoms with Crippen LogP contribution in [0.2, 0.25) is 0 Å². The molecule has 0 amide bonds. The van der Waals surface area contributed by atoms with Gasteiger partial charge in [0.15, 0.2) is 0 Å². The summed E-state index contributed by atoms with van der Waals surface area (Å²) in [5, 5.41) is 0. The molecule has 0 saturated carbocycles. The predicted octanol–water partition coefficient (Wildman–Crippen LogP) is 0.748. The molecule has 2 rings (SSSR count). The number of benzene rings is 1. The van der Waals surface area contributed by atoms with Crippen molar-refractivity contribution in [2.24, 2.45) is 0 Å². The second kappa shape index (κ2) is 4.63. The summed E-state index contributed by atoms with van der Waals surface area (Å²) in [4.78, 5) is 13.4. The summed E-state index contributed by atoms with van der Waals surface area (Å²) in [6.45, 7) is 1.80. The number of hydrogen-bond acceptors (Lipinski definition) is 5.